The van der Waals surface area contributed by atoms with E-state index < -0.39 is 0 Å². The topological polar surface area (TPSA) is 49.4 Å². The molecular weight excluding hydrogens is 356 g/mol. The van der Waals surface area contributed by atoms with Crippen LogP contribution in [-0.4, -0.2) is 18.9 Å². The molecule has 5 heteroatoms. The minimum absolute atomic E-state index is 0.110. The molecule has 118 valence electrons. The number of hydrogen-bond donors (Lipinski definition) is 1. The highest BCUT2D eigenvalue weighted by Crippen LogP contribution is 2.28. The number of fused-ring (bicyclic) bond motifs is 1. The molecule has 0 aromatic heterocycles. The zero-order valence-corrected chi connectivity index (χ0v) is 14.6. The molecular formula is C18H17BrN2O2. The quantitative estimate of drug-likeness (QED) is 0.868. The zero-order chi connectivity index (χ0) is 16.6. The third kappa shape index (κ3) is 3.15. The highest BCUT2D eigenvalue weighted by atomic mass is 79.9. The Labute approximate surface area is 143 Å². The molecule has 3 rings (SSSR count). The fourth-order valence-corrected chi connectivity index (χ4v) is 3.05. The largest absolute Gasteiger partial charge is 0.322 e. The van der Waals surface area contributed by atoms with Crippen molar-refractivity contribution in [1.82, 2.24) is 0 Å². The van der Waals surface area contributed by atoms with Gasteiger partial charge in [0.2, 0.25) is 5.91 Å². The van der Waals surface area contributed by atoms with Gasteiger partial charge in [-0.2, -0.15) is 0 Å². The van der Waals surface area contributed by atoms with E-state index in [9.17, 15) is 9.59 Å². The molecule has 0 spiro atoms. The van der Waals surface area contributed by atoms with E-state index in [1.165, 1.54) is 0 Å². The van der Waals surface area contributed by atoms with Crippen molar-refractivity contribution in [2.45, 2.75) is 19.8 Å². The van der Waals surface area contributed by atoms with Crippen molar-refractivity contribution in [2.75, 3.05) is 17.3 Å². The number of hydrogen-bond acceptors (Lipinski definition) is 2. The Morgan fingerprint density at radius 2 is 1.96 bits per heavy atom. The van der Waals surface area contributed by atoms with Crippen LogP contribution in [0.25, 0.3) is 0 Å². The Kier molecular flexibility index (Phi) is 4.22. The summed E-state index contributed by atoms with van der Waals surface area (Å²) in [6.07, 6.45) is 1.16. The number of benzene rings is 2. The van der Waals surface area contributed by atoms with Gasteiger partial charge in [0, 0.05) is 34.9 Å². The van der Waals surface area contributed by atoms with Gasteiger partial charge in [-0.25, -0.2) is 0 Å². The molecule has 23 heavy (non-hydrogen) atoms. The lowest BCUT2D eigenvalue weighted by molar-refractivity contribution is -0.118. The van der Waals surface area contributed by atoms with Gasteiger partial charge in [0.1, 0.15) is 0 Å². The molecule has 0 bridgehead atoms. The monoisotopic (exact) mass is 372 g/mol. The maximum atomic E-state index is 12.4. The predicted molar refractivity (Wildman–Crippen MR) is 95.0 cm³/mol. The zero-order valence-electron chi connectivity index (χ0n) is 13.0. The Bertz CT molecular complexity index is 802. The van der Waals surface area contributed by atoms with Gasteiger partial charge in [0.15, 0.2) is 0 Å². The first-order valence-corrected chi connectivity index (χ1v) is 8.22. The predicted octanol–water partition coefficient (Wildman–Crippen LogP) is 3.92. The minimum atomic E-state index is -0.150. The average molecular weight is 373 g/mol. The van der Waals surface area contributed by atoms with Crippen molar-refractivity contribution in [2.24, 2.45) is 0 Å². The SMILES string of the molecule is Cc1ccc(NC(=O)c2ccc3c(c2)CCC(=O)N3C)cc1Br. The molecule has 1 N–H and O–H groups in total. The first-order valence-electron chi connectivity index (χ1n) is 7.42. The number of anilines is 2. The number of rotatable bonds is 2. The molecule has 0 saturated heterocycles. The fourth-order valence-electron chi connectivity index (χ4n) is 2.67. The second-order valence-electron chi connectivity index (χ2n) is 5.71. The molecule has 0 fully saturated rings. The van der Waals surface area contributed by atoms with Crippen LogP contribution in [0, 0.1) is 6.92 Å². The van der Waals surface area contributed by atoms with E-state index >= 15 is 0 Å². The van der Waals surface area contributed by atoms with Gasteiger partial charge in [-0.05, 0) is 54.8 Å². The highest BCUT2D eigenvalue weighted by Gasteiger charge is 2.21. The number of carbonyl (C=O) groups excluding carboxylic acids is 2. The molecule has 1 aliphatic rings. The van der Waals surface area contributed by atoms with Crippen molar-refractivity contribution in [3.63, 3.8) is 0 Å². The summed E-state index contributed by atoms with van der Waals surface area (Å²) in [6.45, 7) is 2.00. The smallest absolute Gasteiger partial charge is 0.255 e. The molecule has 0 aliphatic carbocycles. The molecule has 2 aromatic carbocycles. The molecule has 2 aromatic rings. The summed E-state index contributed by atoms with van der Waals surface area (Å²) in [5.41, 5.74) is 4.38. The van der Waals surface area contributed by atoms with Crippen LogP contribution in [0.15, 0.2) is 40.9 Å². The summed E-state index contributed by atoms with van der Waals surface area (Å²) < 4.78 is 0.959. The van der Waals surface area contributed by atoms with E-state index in [1.54, 1.807) is 18.0 Å². The van der Waals surface area contributed by atoms with Crippen LogP contribution in [-0.2, 0) is 11.2 Å². The summed E-state index contributed by atoms with van der Waals surface area (Å²) in [5.74, 6) is -0.0395. The van der Waals surface area contributed by atoms with E-state index in [1.807, 2.05) is 37.3 Å². The number of aryl methyl sites for hydroxylation is 2. The minimum Gasteiger partial charge on any atom is -0.322 e. The van der Waals surface area contributed by atoms with Crippen molar-refractivity contribution < 1.29 is 9.59 Å². The second kappa shape index (κ2) is 6.16. The van der Waals surface area contributed by atoms with Crippen molar-refractivity contribution in [3.8, 4) is 0 Å². The Morgan fingerprint density at radius 1 is 1.17 bits per heavy atom. The Morgan fingerprint density at radius 3 is 2.70 bits per heavy atom. The first-order chi connectivity index (χ1) is 11.0. The summed E-state index contributed by atoms with van der Waals surface area (Å²) >= 11 is 3.46. The Hall–Kier alpha value is -2.14. The number of nitrogens with zero attached hydrogens (tertiary/aromatic N) is 1. The van der Waals surface area contributed by atoms with Crippen LogP contribution >= 0.6 is 15.9 Å². The molecule has 1 aliphatic heterocycles. The average Bonchev–Trinajstić information content (AvgIpc) is 2.54. The molecule has 0 saturated carbocycles. The number of halogens is 1. The third-order valence-electron chi connectivity index (χ3n) is 4.12. The van der Waals surface area contributed by atoms with Crippen LogP contribution in [0.1, 0.15) is 27.9 Å². The van der Waals surface area contributed by atoms with Crippen LogP contribution < -0.4 is 10.2 Å². The van der Waals surface area contributed by atoms with Gasteiger partial charge in [-0.3, -0.25) is 9.59 Å². The maximum Gasteiger partial charge on any atom is 0.255 e. The molecule has 0 radical (unpaired) electrons. The third-order valence-corrected chi connectivity index (χ3v) is 4.97. The van der Waals surface area contributed by atoms with Crippen LogP contribution in [0.4, 0.5) is 11.4 Å². The van der Waals surface area contributed by atoms with Crippen molar-refractivity contribution >= 4 is 39.1 Å². The summed E-state index contributed by atoms with van der Waals surface area (Å²) in [5, 5.41) is 2.90. The van der Waals surface area contributed by atoms with Gasteiger partial charge in [-0.1, -0.05) is 22.0 Å². The molecule has 0 atom stereocenters. The molecule has 2 amide bonds. The van der Waals surface area contributed by atoms with E-state index in [0.29, 0.717) is 18.4 Å². The van der Waals surface area contributed by atoms with Crippen LogP contribution in [0.2, 0.25) is 0 Å². The molecule has 0 unspecified atom stereocenters. The van der Waals surface area contributed by atoms with E-state index in [2.05, 4.69) is 21.2 Å². The van der Waals surface area contributed by atoms with E-state index in [4.69, 9.17) is 0 Å². The van der Waals surface area contributed by atoms with Gasteiger partial charge in [0.05, 0.1) is 0 Å². The number of amides is 2. The highest BCUT2D eigenvalue weighted by molar-refractivity contribution is 9.10. The number of nitrogens with one attached hydrogen (secondary N) is 1. The van der Waals surface area contributed by atoms with Gasteiger partial charge in [-0.15, -0.1) is 0 Å². The fraction of sp³-hybridized carbons (Fsp3) is 0.222. The van der Waals surface area contributed by atoms with Gasteiger partial charge < -0.3 is 10.2 Å². The number of carbonyl (C=O) groups is 2. The van der Waals surface area contributed by atoms with Crippen LogP contribution in [0.5, 0.6) is 0 Å². The normalized spacial score (nSPS) is 13.7. The summed E-state index contributed by atoms with van der Waals surface area (Å²) in [7, 11) is 1.77. The lowest BCUT2D eigenvalue weighted by atomic mass is 9.99. The van der Waals surface area contributed by atoms with E-state index in [0.717, 1.165) is 27.0 Å². The molecule has 1 heterocycles. The van der Waals surface area contributed by atoms with E-state index in [-0.39, 0.29) is 11.8 Å². The lowest BCUT2D eigenvalue weighted by Gasteiger charge is -2.26. The first kappa shape index (κ1) is 15.7. The maximum absolute atomic E-state index is 12.4. The van der Waals surface area contributed by atoms with Gasteiger partial charge in [0.25, 0.3) is 5.91 Å². The van der Waals surface area contributed by atoms with Crippen molar-refractivity contribution in [1.29, 1.82) is 0 Å². The second-order valence-corrected chi connectivity index (χ2v) is 6.57. The lowest BCUT2D eigenvalue weighted by Crippen LogP contribution is -2.31. The standard InChI is InChI=1S/C18H17BrN2O2/c1-11-3-6-14(10-15(11)19)20-18(23)13-4-7-16-12(9-13)5-8-17(22)21(16)2/h3-4,6-7,9-10H,5,8H2,1-2H3,(H,20,23). The summed E-state index contributed by atoms with van der Waals surface area (Å²) in [4.78, 5) is 25.8. The van der Waals surface area contributed by atoms with Gasteiger partial charge >= 0.3 is 0 Å². The molecule has 4 nitrogen and oxygen atoms in total. The van der Waals surface area contributed by atoms with Crippen molar-refractivity contribution in [3.05, 3.63) is 57.6 Å². The Balaban J connectivity index is 1.83. The summed E-state index contributed by atoms with van der Waals surface area (Å²) in [6, 6.07) is 11.2. The van der Waals surface area contributed by atoms with Crippen LogP contribution in [0.3, 0.4) is 0 Å².